The molecule has 3 aromatic carbocycles. The number of unbranched alkanes of at least 4 members (excludes halogenated alkanes) is 1. The highest BCUT2D eigenvalue weighted by Crippen LogP contribution is 2.31. The van der Waals surface area contributed by atoms with Gasteiger partial charge < -0.3 is 15.5 Å². The van der Waals surface area contributed by atoms with Gasteiger partial charge in [0.1, 0.15) is 6.04 Å². The fraction of sp³-hybridized carbons (Fsp3) is 0.394. The Morgan fingerprint density at radius 2 is 1.50 bits per heavy atom. The summed E-state index contributed by atoms with van der Waals surface area (Å²) in [6.45, 7) is 7.84. The highest BCUT2D eigenvalue weighted by Gasteiger charge is 2.29. The summed E-state index contributed by atoms with van der Waals surface area (Å²) in [6, 6.07) is 28.1. The number of rotatable bonds is 12. The molecular weight excluding hydrogens is 470 g/mol. The topological polar surface area (TPSA) is 61.4 Å². The fourth-order valence-electron chi connectivity index (χ4n) is 4.70. The van der Waals surface area contributed by atoms with Crippen molar-refractivity contribution >= 4 is 17.5 Å². The Kier molecular flexibility index (Phi) is 9.22. The average Bonchev–Trinajstić information content (AvgIpc) is 3.77. The van der Waals surface area contributed by atoms with Crippen molar-refractivity contribution in [2.24, 2.45) is 0 Å². The number of carbonyl (C=O) groups excluding carboxylic acids is 2. The standard InChI is InChI=1S/C33H41N3O2/c1-33(2,3)27-19-17-26(18-20-27)31(37)35-30(32(38)34-24-25-12-6-4-7-13-25)16-10-11-23-36(29-21-22-29)28-14-8-5-9-15-28/h4-9,12-15,17-20,29-30H,10-11,16,21-24H2,1-3H3,(H,34,38)(H,35,37). The van der Waals surface area contributed by atoms with E-state index in [0.29, 0.717) is 24.6 Å². The minimum Gasteiger partial charge on any atom is -0.369 e. The van der Waals surface area contributed by atoms with Crippen molar-refractivity contribution in [2.75, 3.05) is 11.4 Å². The first-order valence-corrected chi connectivity index (χ1v) is 13.9. The number of para-hydroxylation sites is 1. The van der Waals surface area contributed by atoms with Crippen LogP contribution in [0.15, 0.2) is 84.9 Å². The molecule has 3 aromatic rings. The first-order valence-electron chi connectivity index (χ1n) is 13.9. The van der Waals surface area contributed by atoms with Crippen LogP contribution in [-0.4, -0.2) is 30.4 Å². The zero-order valence-electron chi connectivity index (χ0n) is 23.0. The Bertz CT molecular complexity index is 1170. The van der Waals surface area contributed by atoms with Gasteiger partial charge in [0.25, 0.3) is 5.91 Å². The van der Waals surface area contributed by atoms with Crippen LogP contribution in [0.5, 0.6) is 0 Å². The van der Waals surface area contributed by atoms with Gasteiger partial charge in [0, 0.05) is 30.4 Å². The number of anilines is 1. The molecule has 1 unspecified atom stereocenters. The lowest BCUT2D eigenvalue weighted by Gasteiger charge is -2.25. The molecular formula is C33H41N3O2. The van der Waals surface area contributed by atoms with Crippen LogP contribution in [0.3, 0.4) is 0 Å². The van der Waals surface area contributed by atoms with Crippen LogP contribution in [0.4, 0.5) is 5.69 Å². The highest BCUT2D eigenvalue weighted by molar-refractivity contribution is 5.97. The Morgan fingerprint density at radius 3 is 2.11 bits per heavy atom. The summed E-state index contributed by atoms with van der Waals surface area (Å²) in [5.41, 5.74) is 4.06. The third-order valence-electron chi connectivity index (χ3n) is 7.16. The minimum atomic E-state index is -0.584. The van der Waals surface area contributed by atoms with Gasteiger partial charge in [-0.2, -0.15) is 0 Å². The summed E-state index contributed by atoms with van der Waals surface area (Å²) in [4.78, 5) is 28.8. The van der Waals surface area contributed by atoms with Crippen molar-refractivity contribution in [3.05, 3.63) is 102 Å². The summed E-state index contributed by atoms with van der Waals surface area (Å²) in [6.07, 6.45) is 4.89. The van der Waals surface area contributed by atoms with Gasteiger partial charge in [-0.1, -0.05) is 81.4 Å². The smallest absolute Gasteiger partial charge is 0.251 e. The van der Waals surface area contributed by atoms with Crippen LogP contribution >= 0.6 is 0 Å². The van der Waals surface area contributed by atoms with Gasteiger partial charge in [-0.15, -0.1) is 0 Å². The van der Waals surface area contributed by atoms with Gasteiger partial charge in [-0.3, -0.25) is 9.59 Å². The average molecular weight is 512 g/mol. The van der Waals surface area contributed by atoms with E-state index < -0.39 is 6.04 Å². The molecule has 0 aliphatic heterocycles. The van der Waals surface area contributed by atoms with Gasteiger partial charge in [-0.25, -0.2) is 0 Å². The van der Waals surface area contributed by atoms with E-state index in [1.54, 1.807) is 0 Å². The molecule has 2 N–H and O–H groups in total. The molecule has 1 saturated carbocycles. The molecule has 2 amide bonds. The molecule has 5 heteroatoms. The summed E-state index contributed by atoms with van der Waals surface area (Å²) >= 11 is 0. The van der Waals surface area contributed by atoms with Crippen molar-refractivity contribution in [3.63, 3.8) is 0 Å². The third-order valence-corrected chi connectivity index (χ3v) is 7.16. The molecule has 200 valence electrons. The van der Waals surface area contributed by atoms with Crippen LogP contribution in [0.2, 0.25) is 0 Å². The molecule has 4 rings (SSSR count). The molecule has 38 heavy (non-hydrogen) atoms. The van der Waals surface area contributed by atoms with Gasteiger partial charge in [-0.05, 0) is 72.9 Å². The summed E-state index contributed by atoms with van der Waals surface area (Å²) in [7, 11) is 0. The van der Waals surface area contributed by atoms with E-state index in [4.69, 9.17) is 0 Å². The van der Waals surface area contributed by atoms with E-state index >= 15 is 0 Å². The first-order chi connectivity index (χ1) is 18.3. The number of amides is 2. The maximum absolute atomic E-state index is 13.2. The Hall–Kier alpha value is -3.60. The zero-order chi connectivity index (χ0) is 27.0. The first kappa shape index (κ1) is 27.4. The minimum absolute atomic E-state index is 0.0168. The second kappa shape index (κ2) is 12.8. The molecule has 0 heterocycles. The van der Waals surface area contributed by atoms with Crippen LogP contribution < -0.4 is 15.5 Å². The molecule has 5 nitrogen and oxygen atoms in total. The van der Waals surface area contributed by atoms with Crippen molar-refractivity contribution in [1.29, 1.82) is 0 Å². The van der Waals surface area contributed by atoms with E-state index in [-0.39, 0.29) is 17.2 Å². The van der Waals surface area contributed by atoms with Gasteiger partial charge in [0.15, 0.2) is 0 Å². The SMILES string of the molecule is CC(C)(C)c1ccc(C(=O)NC(CCCCN(c2ccccc2)C2CC2)C(=O)NCc2ccccc2)cc1. The Labute approximate surface area is 227 Å². The van der Waals surface area contributed by atoms with Crippen LogP contribution in [0.25, 0.3) is 0 Å². The number of benzene rings is 3. The molecule has 1 aliphatic rings. The lowest BCUT2D eigenvalue weighted by Crippen LogP contribution is -2.46. The van der Waals surface area contributed by atoms with Crippen molar-refractivity contribution < 1.29 is 9.59 Å². The molecule has 0 radical (unpaired) electrons. The molecule has 0 bridgehead atoms. The maximum Gasteiger partial charge on any atom is 0.251 e. The molecule has 0 saturated heterocycles. The highest BCUT2D eigenvalue weighted by atomic mass is 16.2. The summed E-state index contributed by atoms with van der Waals surface area (Å²) < 4.78 is 0. The monoisotopic (exact) mass is 511 g/mol. The van der Waals surface area contributed by atoms with Gasteiger partial charge >= 0.3 is 0 Å². The lowest BCUT2D eigenvalue weighted by molar-refractivity contribution is -0.123. The molecule has 0 spiro atoms. The zero-order valence-corrected chi connectivity index (χ0v) is 23.0. The molecule has 1 fully saturated rings. The van der Waals surface area contributed by atoms with E-state index in [1.807, 2.05) is 60.7 Å². The second-order valence-corrected chi connectivity index (χ2v) is 11.3. The molecule has 1 aliphatic carbocycles. The third kappa shape index (κ3) is 7.95. The number of carbonyl (C=O) groups is 2. The van der Waals surface area contributed by atoms with E-state index in [9.17, 15) is 9.59 Å². The predicted octanol–water partition coefficient (Wildman–Crippen LogP) is 6.24. The van der Waals surface area contributed by atoms with Gasteiger partial charge in [0.05, 0.1) is 0 Å². The molecule has 0 aromatic heterocycles. The summed E-state index contributed by atoms with van der Waals surface area (Å²) in [5.74, 6) is -0.357. The second-order valence-electron chi connectivity index (χ2n) is 11.3. The van der Waals surface area contributed by atoms with Crippen LogP contribution in [0, 0.1) is 0 Å². The van der Waals surface area contributed by atoms with E-state index in [1.165, 1.54) is 24.1 Å². The van der Waals surface area contributed by atoms with Crippen LogP contribution in [-0.2, 0) is 16.8 Å². The normalized spacial score (nSPS) is 14.0. The maximum atomic E-state index is 13.2. The van der Waals surface area contributed by atoms with Crippen molar-refractivity contribution in [3.8, 4) is 0 Å². The molecule has 1 atom stereocenters. The lowest BCUT2D eigenvalue weighted by atomic mass is 9.86. The predicted molar refractivity (Wildman–Crippen MR) is 155 cm³/mol. The largest absolute Gasteiger partial charge is 0.369 e. The van der Waals surface area contributed by atoms with E-state index in [0.717, 1.165) is 24.9 Å². The summed E-state index contributed by atoms with van der Waals surface area (Å²) in [5, 5.41) is 6.04. The number of hydrogen-bond acceptors (Lipinski definition) is 3. The Morgan fingerprint density at radius 1 is 0.868 bits per heavy atom. The number of nitrogens with zero attached hydrogens (tertiary/aromatic N) is 1. The van der Waals surface area contributed by atoms with Gasteiger partial charge in [0.2, 0.25) is 5.91 Å². The Balaban J connectivity index is 1.37. The van der Waals surface area contributed by atoms with Crippen LogP contribution in [0.1, 0.15) is 74.4 Å². The van der Waals surface area contributed by atoms with E-state index in [2.05, 4.69) is 60.6 Å². The fourth-order valence-corrected chi connectivity index (χ4v) is 4.70. The quantitative estimate of drug-likeness (QED) is 0.283. The van der Waals surface area contributed by atoms with Crippen molar-refractivity contribution in [1.82, 2.24) is 10.6 Å². The number of nitrogens with one attached hydrogen (secondary N) is 2. The number of hydrogen-bond donors (Lipinski definition) is 2. The van der Waals surface area contributed by atoms with Crippen molar-refractivity contribution in [2.45, 2.75) is 76.9 Å².